The fourth-order valence-corrected chi connectivity index (χ4v) is 4.24. The summed E-state index contributed by atoms with van der Waals surface area (Å²) in [7, 11) is 0. The summed E-state index contributed by atoms with van der Waals surface area (Å²) in [6.45, 7) is 13.4. The number of aryl methyl sites for hydroxylation is 1. The van der Waals surface area contributed by atoms with E-state index in [1.807, 2.05) is 18.5 Å². The highest BCUT2D eigenvalue weighted by molar-refractivity contribution is 5.68. The highest BCUT2D eigenvalue weighted by Crippen LogP contribution is 2.24. The summed E-state index contributed by atoms with van der Waals surface area (Å²) >= 11 is 0. The number of hydrogen-bond donors (Lipinski definition) is 2. The van der Waals surface area contributed by atoms with Gasteiger partial charge in [0.15, 0.2) is 6.29 Å². The van der Waals surface area contributed by atoms with E-state index < -0.39 is 0 Å². The van der Waals surface area contributed by atoms with E-state index in [1.54, 1.807) is 0 Å². The lowest BCUT2D eigenvalue weighted by Crippen LogP contribution is -2.46. The second-order valence-electron chi connectivity index (χ2n) is 9.81. The van der Waals surface area contributed by atoms with Crippen LogP contribution < -0.4 is 16.0 Å². The van der Waals surface area contributed by atoms with Gasteiger partial charge in [0.1, 0.15) is 0 Å². The fraction of sp³-hybridized carbons (Fsp3) is 0.500. The Balaban J connectivity index is 1.27. The highest BCUT2D eigenvalue weighted by atomic mass is 16.7. The third kappa shape index (κ3) is 6.47. The zero-order valence-electron chi connectivity index (χ0n) is 20.1. The first-order valence-electron chi connectivity index (χ1n) is 11.8. The highest BCUT2D eigenvalue weighted by Gasteiger charge is 2.27. The van der Waals surface area contributed by atoms with E-state index in [2.05, 4.69) is 71.2 Å². The number of hydrogen-bond acceptors (Lipinski definition) is 7. The average molecular weight is 452 g/mol. The van der Waals surface area contributed by atoms with Crippen molar-refractivity contribution in [3.63, 3.8) is 0 Å². The number of anilines is 1. The maximum atomic E-state index is 6.37. The molecule has 0 spiro atoms. The number of nitrogens with one attached hydrogen (secondary N) is 1. The molecule has 2 fully saturated rings. The van der Waals surface area contributed by atoms with Gasteiger partial charge in [-0.3, -0.25) is 9.88 Å². The standard InChI is InChI=1S/C26H37N5O2/c1-20-14-22(31-12-10-30(11-13-31)17-21-6-4-5-9-29-21)7-8-23(20)24(27)15-28-16-25-32-18-26(2,3)19-33-25/h4-9,14-15,25,28H,10-13,16-19,27H2,1-3H3/b24-15-. The van der Waals surface area contributed by atoms with Crippen molar-refractivity contribution in [1.29, 1.82) is 0 Å². The maximum Gasteiger partial charge on any atom is 0.174 e. The first kappa shape index (κ1) is 23.5. The molecular formula is C26H37N5O2. The molecule has 7 nitrogen and oxygen atoms in total. The van der Waals surface area contributed by atoms with Crippen LogP contribution in [0.15, 0.2) is 48.8 Å². The Kier molecular flexibility index (Phi) is 7.53. The van der Waals surface area contributed by atoms with Crippen molar-refractivity contribution < 1.29 is 9.47 Å². The van der Waals surface area contributed by atoms with Crippen LogP contribution in [0.3, 0.4) is 0 Å². The van der Waals surface area contributed by atoms with Crippen molar-refractivity contribution in [3.05, 3.63) is 65.6 Å². The summed E-state index contributed by atoms with van der Waals surface area (Å²) in [6, 6.07) is 12.6. The summed E-state index contributed by atoms with van der Waals surface area (Å²) in [5.41, 5.74) is 11.8. The van der Waals surface area contributed by atoms with Crippen LogP contribution in [0.4, 0.5) is 5.69 Å². The average Bonchev–Trinajstić information content (AvgIpc) is 2.81. The van der Waals surface area contributed by atoms with Crippen LogP contribution in [0.5, 0.6) is 0 Å². The number of rotatable bonds is 7. The minimum absolute atomic E-state index is 0.0793. The summed E-state index contributed by atoms with van der Waals surface area (Å²) in [5, 5.41) is 3.25. The molecule has 0 unspecified atom stereocenters. The van der Waals surface area contributed by atoms with Gasteiger partial charge in [-0.2, -0.15) is 0 Å². The number of ether oxygens (including phenoxy) is 2. The van der Waals surface area contributed by atoms with Gasteiger partial charge in [-0.15, -0.1) is 0 Å². The summed E-state index contributed by atoms with van der Waals surface area (Å²) in [5.74, 6) is 0. The lowest BCUT2D eigenvalue weighted by molar-refractivity contribution is -0.217. The van der Waals surface area contributed by atoms with Crippen molar-refractivity contribution in [2.24, 2.45) is 11.1 Å². The molecule has 178 valence electrons. The smallest absolute Gasteiger partial charge is 0.174 e. The molecule has 3 N–H and O–H groups in total. The second kappa shape index (κ2) is 10.5. The minimum Gasteiger partial charge on any atom is -0.397 e. The van der Waals surface area contributed by atoms with Crippen LogP contribution in [0.1, 0.15) is 30.7 Å². The van der Waals surface area contributed by atoms with E-state index in [-0.39, 0.29) is 11.7 Å². The van der Waals surface area contributed by atoms with Gasteiger partial charge in [0.2, 0.25) is 0 Å². The van der Waals surface area contributed by atoms with Gasteiger partial charge in [-0.25, -0.2) is 0 Å². The monoisotopic (exact) mass is 451 g/mol. The molecule has 0 atom stereocenters. The van der Waals surface area contributed by atoms with Gasteiger partial charge in [-0.1, -0.05) is 26.0 Å². The molecular weight excluding hydrogens is 414 g/mol. The Bertz CT molecular complexity index is 929. The van der Waals surface area contributed by atoms with Crippen molar-refractivity contribution in [2.75, 3.05) is 50.8 Å². The number of nitrogens with two attached hydrogens (primary N) is 1. The molecule has 0 aliphatic carbocycles. The van der Waals surface area contributed by atoms with Crippen LogP contribution in [-0.2, 0) is 16.0 Å². The van der Waals surface area contributed by atoms with Crippen molar-refractivity contribution in [3.8, 4) is 0 Å². The van der Waals surface area contributed by atoms with Crippen LogP contribution >= 0.6 is 0 Å². The molecule has 2 aliphatic rings. The number of pyridine rings is 1. The Morgan fingerprint density at radius 1 is 1.15 bits per heavy atom. The third-order valence-electron chi connectivity index (χ3n) is 6.23. The molecule has 2 saturated heterocycles. The number of aromatic nitrogens is 1. The van der Waals surface area contributed by atoms with Crippen molar-refractivity contribution in [2.45, 2.75) is 33.6 Å². The molecule has 7 heteroatoms. The number of piperazine rings is 1. The Morgan fingerprint density at radius 3 is 2.58 bits per heavy atom. The van der Waals surface area contributed by atoms with E-state index in [0.717, 1.165) is 49.7 Å². The predicted molar refractivity (Wildman–Crippen MR) is 133 cm³/mol. The molecule has 0 radical (unpaired) electrons. The largest absolute Gasteiger partial charge is 0.397 e. The lowest BCUT2D eigenvalue weighted by atomic mass is 9.96. The lowest BCUT2D eigenvalue weighted by Gasteiger charge is -2.36. The topological polar surface area (TPSA) is 75.9 Å². The van der Waals surface area contributed by atoms with E-state index in [9.17, 15) is 0 Å². The molecule has 1 aromatic heterocycles. The molecule has 2 aliphatic heterocycles. The number of benzene rings is 1. The summed E-state index contributed by atoms with van der Waals surface area (Å²) in [4.78, 5) is 9.36. The summed E-state index contributed by atoms with van der Waals surface area (Å²) < 4.78 is 11.5. The zero-order valence-corrected chi connectivity index (χ0v) is 20.1. The normalized spacial score (nSPS) is 20.1. The molecule has 2 aromatic rings. The van der Waals surface area contributed by atoms with E-state index in [4.69, 9.17) is 15.2 Å². The van der Waals surface area contributed by atoms with E-state index in [1.165, 1.54) is 11.3 Å². The van der Waals surface area contributed by atoms with Crippen molar-refractivity contribution >= 4 is 11.4 Å². The Morgan fingerprint density at radius 2 is 1.91 bits per heavy atom. The maximum absolute atomic E-state index is 6.37. The second-order valence-corrected chi connectivity index (χ2v) is 9.81. The first-order chi connectivity index (χ1) is 15.9. The van der Waals surface area contributed by atoms with Crippen LogP contribution in [-0.4, -0.2) is 62.1 Å². The van der Waals surface area contributed by atoms with Crippen molar-refractivity contribution in [1.82, 2.24) is 15.2 Å². The number of nitrogens with zero attached hydrogens (tertiary/aromatic N) is 3. The van der Waals surface area contributed by atoms with Gasteiger partial charge in [-0.05, 0) is 36.8 Å². The summed E-state index contributed by atoms with van der Waals surface area (Å²) in [6.07, 6.45) is 3.48. The molecule has 0 saturated carbocycles. The Hall–Kier alpha value is -2.61. The fourth-order valence-electron chi connectivity index (χ4n) is 4.24. The van der Waals surface area contributed by atoms with Crippen LogP contribution in [0.25, 0.3) is 5.70 Å². The van der Waals surface area contributed by atoms with Gasteiger partial charge in [0, 0.05) is 61.8 Å². The molecule has 0 amide bonds. The molecule has 1 aromatic carbocycles. The van der Waals surface area contributed by atoms with Gasteiger partial charge >= 0.3 is 0 Å². The molecule has 33 heavy (non-hydrogen) atoms. The first-order valence-corrected chi connectivity index (χ1v) is 11.8. The van der Waals surface area contributed by atoms with Gasteiger partial charge in [0.05, 0.1) is 31.1 Å². The van der Waals surface area contributed by atoms with Crippen LogP contribution in [0, 0.1) is 12.3 Å². The predicted octanol–water partition coefficient (Wildman–Crippen LogP) is 2.96. The molecule has 0 bridgehead atoms. The minimum atomic E-state index is -0.234. The van der Waals surface area contributed by atoms with Gasteiger partial charge in [0.25, 0.3) is 0 Å². The third-order valence-corrected chi connectivity index (χ3v) is 6.23. The molecule has 3 heterocycles. The zero-order chi connectivity index (χ0) is 23.3. The van der Waals surface area contributed by atoms with Crippen LogP contribution in [0.2, 0.25) is 0 Å². The molecule has 4 rings (SSSR count). The van der Waals surface area contributed by atoms with E-state index >= 15 is 0 Å². The Labute approximate surface area is 197 Å². The van der Waals surface area contributed by atoms with Gasteiger partial charge < -0.3 is 25.4 Å². The quantitative estimate of drug-likeness (QED) is 0.670. The van der Waals surface area contributed by atoms with E-state index in [0.29, 0.717) is 19.8 Å². The SMILES string of the molecule is Cc1cc(N2CCN(Cc3ccccn3)CC2)ccc1/C(N)=C/NCC1OCC(C)(C)CO1.